The summed E-state index contributed by atoms with van der Waals surface area (Å²) in [5.41, 5.74) is 2.97. The predicted molar refractivity (Wildman–Crippen MR) is 96.6 cm³/mol. The van der Waals surface area contributed by atoms with E-state index in [0.717, 1.165) is 22.3 Å². The second kappa shape index (κ2) is 7.23. The molecule has 0 saturated carbocycles. The van der Waals surface area contributed by atoms with Gasteiger partial charge in [-0.1, -0.05) is 18.2 Å². The number of hydrogen-bond donors (Lipinski definition) is 0. The van der Waals surface area contributed by atoms with Crippen LogP contribution in [0, 0.1) is 5.82 Å². The minimum Gasteiger partial charge on any atom is -0.496 e. The molecule has 0 atom stereocenters. The summed E-state index contributed by atoms with van der Waals surface area (Å²) < 4.78 is 18.4. The van der Waals surface area contributed by atoms with E-state index in [1.54, 1.807) is 36.7 Å². The number of hydrogen-bond acceptors (Lipinski definition) is 3. The standard InChI is InChI=1S/C20H15FO2S/c1-23-19-9-6-15(20-3-2-10-24-20)12-18(19)16(13-22)11-14-4-7-17(21)8-5-14/h2-13H,1H3. The Morgan fingerprint density at radius 2 is 1.92 bits per heavy atom. The average Bonchev–Trinajstić information content (AvgIpc) is 3.15. The molecule has 0 fully saturated rings. The summed E-state index contributed by atoms with van der Waals surface area (Å²) in [5, 5.41) is 2.01. The molecule has 0 unspecified atom stereocenters. The Labute approximate surface area is 143 Å². The van der Waals surface area contributed by atoms with Crippen LogP contribution in [0.15, 0.2) is 60.0 Å². The second-order valence-corrected chi connectivity index (χ2v) is 6.11. The van der Waals surface area contributed by atoms with E-state index in [1.807, 2.05) is 35.7 Å². The van der Waals surface area contributed by atoms with Gasteiger partial charge in [0, 0.05) is 16.0 Å². The molecule has 2 nitrogen and oxygen atoms in total. The fourth-order valence-electron chi connectivity index (χ4n) is 2.44. The van der Waals surface area contributed by atoms with Crippen molar-refractivity contribution in [1.29, 1.82) is 0 Å². The van der Waals surface area contributed by atoms with Gasteiger partial charge in [-0.3, -0.25) is 4.79 Å². The summed E-state index contributed by atoms with van der Waals surface area (Å²) >= 11 is 1.63. The van der Waals surface area contributed by atoms with Crippen LogP contribution in [0.5, 0.6) is 5.75 Å². The van der Waals surface area contributed by atoms with Gasteiger partial charge in [-0.25, -0.2) is 4.39 Å². The molecule has 1 aromatic heterocycles. The number of allylic oxidation sites excluding steroid dienone is 1. The number of rotatable bonds is 5. The van der Waals surface area contributed by atoms with Gasteiger partial charge >= 0.3 is 0 Å². The summed E-state index contributed by atoms with van der Waals surface area (Å²) in [6.45, 7) is 0. The molecular formula is C20H15FO2S. The second-order valence-electron chi connectivity index (χ2n) is 5.16. The van der Waals surface area contributed by atoms with E-state index in [-0.39, 0.29) is 5.82 Å². The van der Waals surface area contributed by atoms with Crippen LogP contribution in [0.25, 0.3) is 22.1 Å². The number of carbonyl (C=O) groups is 1. The van der Waals surface area contributed by atoms with E-state index in [1.165, 1.54) is 12.1 Å². The normalized spacial score (nSPS) is 11.3. The van der Waals surface area contributed by atoms with Crippen molar-refractivity contribution in [2.45, 2.75) is 0 Å². The zero-order chi connectivity index (χ0) is 16.9. The first-order valence-corrected chi connectivity index (χ1v) is 8.24. The Morgan fingerprint density at radius 1 is 1.12 bits per heavy atom. The third-order valence-corrected chi connectivity index (χ3v) is 4.55. The van der Waals surface area contributed by atoms with E-state index in [0.29, 0.717) is 16.9 Å². The SMILES string of the molecule is COc1ccc(-c2cccs2)cc1C(C=O)=Cc1ccc(F)cc1. The lowest BCUT2D eigenvalue weighted by atomic mass is 10.00. The number of methoxy groups -OCH3 is 1. The highest BCUT2D eigenvalue weighted by molar-refractivity contribution is 7.13. The van der Waals surface area contributed by atoms with Crippen molar-refractivity contribution in [3.63, 3.8) is 0 Å². The highest BCUT2D eigenvalue weighted by Crippen LogP contribution is 2.33. The molecule has 3 rings (SSSR count). The fraction of sp³-hybridized carbons (Fsp3) is 0.0500. The van der Waals surface area contributed by atoms with Gasteiger partial charge in [0.15, 0.2) is 6.29 Å². The van der Waals surface area contributed by atoms with Crippen LogP contribution < -0.4 is 4.74 Å². The number of thiophene rings is 1. The average molecular weight is 338 g/mol. The minimum atomic E-state index is -0.308. The Bertz CT molecular complexity index is 865. The first-order valence-electron chi connectivity index (χ1n) is 7.36. The zero-order valence-corrected chi connectivity index (χ0v) is 13.8. The summed E-state index contributed by atoms with van der Waals surface area (Å²) in [6, 6.07) is 15.8. The molecule has 0 bridgehead atoms. The first-order chi connectivity index (χ1) is 11.7. The lowest BCUT2D eigenvalue weighted by Gasteiger charge is -2.10. The van der Waals surface area contributed by atoms with Crippen molar-refractivity contribution in [2.24, 2.45) is 0 Å². The Kier molecular flexibility index (Phi) is 4.87. The van der Waals surface area contributed by atoms with Crippen molar-refractivity contribution in [1.82, 2.24) is 0 Å². The maximum absolute atomic E-state index is 13.0. The third kappa shape index (κ3) is 3.44. The summed E-state index contributed by atoms with van der Waals surface area (Å²) in [5.74, 6) is 0.313. The zero-order valence-electron chi connectivity index (χ0n) is 13.0. The van der Waals surface area contributed by atoms with Crippen LogP contribution in [-0.4, -0.2) is 13.4 Å². The lowest BCUT2D eigenvalue weighted by Crippen LogP contribution is -1.94. The van der Waals surface area contributed by atoms with Gasteiger partial charge in [-0.2, -0.15) is 0 Å². The Morgan fingerprint density at radius 3 is 2.54 bits per heavy atom. The predicted octanol–water partition coefficient (Wildman–Crippen LogP) is 5.30. The van der Waals surface area contributed by atoms with Gasteiger partial charge in [0.2, 0.25) is 0 Å². The summed E-state index contributed by atoms with van der Waals surface area (Å²) in [6.07, 6.45) is 2.52. The molecule has 0 amide bonds. The molecule has 0 N–H and O–H groups in total. The summed E-state index contributed by atoms with van der Waals surface area (Å²) in [7, 11) is 1.57. The molecule has 0 aliphatic heterocycles. The van der Waals surface area contributed by atoms with Gasteiger partial charge in [-0.05, 0) is 59.0 Å². The molecular weight excluding hydrogens is 323 g/mol. The van der Waals surface area contributed by atoms with Gasteiger partial charge in [-0.15, -0.1) is 11.3 Å². The summed E-state index contributed by atoms with van der Waals surface area (Å²) in [4.78, 5) is 12.8. The molecule has 3 aromatic rings. The Hall–Kier alpha value is -2.72. The van der Waals surface area contributed by atoms with Crippen molar-refractivity contribution in [3.8, 4) is 16.2 Å². The van der Waals surface area contributed by atoms with Gasteiger partial charge in [0.25, 0.3) is 0 Å². The van der Waals surface area contributed by atoms with Gasteiger partial charge in [0.05, 0.1) is 7.11 Å². The highest BCUT2D eigenvalue weighted by Gasteiger charge is 2.11. The number of halogens is 1. The maximum Gasteiger partial charge on any atom is 0.150 e. The quantitative estimate of drug-likeness (QED) is 0.358. The molecule has 0 spiro atoms. The maximum atomic E-state index is 13.0. The number of benzene rings is 2. The van der Waals surface area contributed by atoms with Gasteiger partial charge < -0.3 is 4.74 Å². The first kappa shape index (κ1) is 16.1. The topological polar surface area (TPSA) is 26.3 Å². The van der Waals surface area contributed by atoms with Crippen molar-refractivity contribution in [2.75, 3.05) is 7.11 Å². The number of aldehydes is 1. The minimum absolute atomic E-state index is 0.308. The van der Waals surface area contributed by atoms with Crippen molar-refractivity contribution in [3.05, 3.63) is 76.9 Å². The molecule has 0 saturated heterocycles. The largest absolute Gasteiger partial charge is 0.496 e. The van der Waals surface area contributed by atoms with E-state index >= 15 is 0 Å². The van der Waals surface area contributed by atoms with E-state index in [4.69, 9.17) is 4.74 Å². The Balaban J connectivity index is 2.08. The smallest absolute Gasteiger partial charge is 0.150 e. The van der Waals surface area contributed by atoms with Crippen molar-refractivity contribution >= 4 is 29.3 Å². The molecule has 0 aliphatic carbocycles. The van der Waals surface area contributed by atoms with Crippen LogP contribution in [0.1, 0.15) is 11.1 Å². The van der Waals surface area contributed by atoms with Crippen LogP contribution in [0.4, 0.5) is 4.39 Å². The highest BCUT2D eigenvalue weighted by atomic mass is 32.1. The fourth-order valence-corrected chi connectivity index (χ4v) is 3.17. The molecule has 1 heterocycles. The lowest BCUT2D eigenvalue weighted by molar-refractivity contribution is -0.103. The van der Waals surface area contributed by atoms with Crippen LogP contribution in [0.2, 0.25) is 0 Å². The van der Waals surface area contributed by atoms with Crippen molar-refractivity contribution < 1.29 is 13.9 Å². The molecule has 120 valence electrons. The monoisotopic (exact) mass is 338 g/mol. The molecule has 24 heavy (non-hydrogen) atoms. The van der Waals surface area contributed by atoms with Crippen LogP contribution in [-0.2, 0) is 4.79 Å². The molecule has 2 aromatic carbocycles. The van der Waals surface area contributed by atoms with E-state index in [2.05, 4.69) is 0 Å². The van der Waals surface area contributed by atoms with Gasteiger partial charge in [0.1, 0.15) is 11.6 Å². The van der Waals surface area contributed by atoms with E-state index < -0.39 is 0 Å². The number of ether oxygens (including phenoxy) is 1. The third-order valence-electron chi connectivity index (χ3n) is 3.64. The molecule has 0 aliphatic rings. The molecule has 4 heteroatoms. The number of carbonyl (C=O) groups excluding carboxylic acids is 1. The molecule has 0 radical (unpaired) electrons. The van der Waals surface area contributed by atoms with Crippen LogP contribution >= 0.6 is 11.3 Å². The van der Waals surface area contributed by atoms with E-state index in [9.17, 15) is 9.18 Å². The van der Waals surface area contributed by atoms with Crippen LogP contribution in [0.3, 0.4) is 0 Å².